The molecule has 1 unspecified atom stereocenters. The summed E-state index contributed by atoms with van der Waals surface area (Å²) in [6.07, 6.45) is 4.44. The topological polar surface area (TPSA) is 20.3 Å². The summed E-state index contributed by atoms with van der Waals surface area (Å²) >= 11 is 5.94. The van der Waals surface area contributed by atoms with Crippen molar-refractivity contribution in [2.24, 2.45) is 11.8 Å². The molecule has 2 nitrogen and oxygen atoms in total. The molecule has 1 saturated heterocycles. The van der Waals surface area contributed by atoms with Crippen molar-refractivity contribution in [3.63, 3.8) is 0 Å². The molecule has 1 aliphatic heterocycles. The lowest BCUT2D eigenvalue weighted by Gasteiger charge is -2.21. The largest absolute Gasteiger partial charge is 0.303 e. The van der Waals surface area contributed by atoms with Crippen LogP contribution in [0.2, 0.25) is 5.02 Å². The number of hydrogen-bond donors (Lipinski definition) is 0. The van der Waals surface area contributed by atoms with Crippen molar-refractivity contribution in [1.29, 1.82) is 0 Å². The molecule has 0 saturated carbocycles. The zero-order valence-electron chi connectivity index (χ0n) is 13.1. The Hall–Kier alpha value is -0.860. The van der Waals surface area contributed by atoms with Crippen LogP contribution in [0, 0.1) is 11.8 Å². The summed E-state index contributed by atoms with van der Waals surface area (Å²) in [5.74, 6) is 1.82. The highest BCUT2D eigenvalue weighted by atomic mass is 35.5. The van der Waals surface area contributed by atoms with E-state index in [1.165, 1.54) is 19.3 Å². The van der Waals surface area contributed by atoms with Crippen LogP contribution >= 0.6 is 11.6 Å². The van der Waals surface area contributed by atoms with E-state index in [2.05, 4.69) is 18.7 Å². The number of rotatable bonds is 5. The third-order valence-electron chi connectivity index (χ3n) is 4.61. The average Bonchev–Trinajstić information content (AvgIpc) is 2.70. The van der Waals surface area contributed by atoms with E-state index < -0.39 is 0 Å². The summed E-state index contributed by atoms with van der Waals surface area (Å²) in [6, 6.07) is 7.26. The monoisotopic (exact) mass is 307 g/mol. The fourth-order valence-corrected chi connectivity index (χ4v) is 3.33. The van der Waals surface area contributed by atoms with Crippen LogP contribution in [0.25, 0.3) is 0 Å². The number of benzene rings is 1. The van der Waals surface area contributed by atoms with E-state index in [0.717, 1.165) is 37.0 Å². The molecule has 21 heavy (non-hydrogen) atoms. The number of ketones is 1. The third kappa shape index (κ3) is 5.12. The molecule has 1 fully saturated rings. The molecule has 0 amide bonds. The first kappa shape index (κ1) is 16.5. The third-order valence-corrected chi connectivity index (χ3v) is 4.84. The maximum atomic E-state index is 12.2. The van der Waals surface area contributed by atoms with Crippen molar-refractivity contribution in [3.05, 3.63) is 34.9 Å². The van der Waals surface area contributed by atoms with Crippen LogP contribution in [0.5, 0.6) is 0 Å². The van der Waals surface area contributed by atoms with Crippen LogP contribution in [-0.2, 0) is 0 Å². The van der Waals surface area contributed by atoms with Crippen LogP contribution in [0.4, 0.5) is 0 Å². The zero-order chi connectivity index (χ0) is 15.2. The van der Waals surface area contributed by atoms with Crippen molar-refractivity contribution < 1.29 is 4.79 Å². The fourth-order valence-electron chi connectivity index (χ4n) is 3.14. The van der Waals surface area contributed by atoms with Gasteiger partial charge < -0.3 is 4.90 Å². The second kappa shape index (κ2) is 7.95. The van der Waals surface area contributed by atoms with Gasteiger partial charge in [0.2, 0.25) is 0 Å². The molecular weight excluding hydrogens is 282 g/mol. The van der Waals surface area contributed by atoms with E-state index in [4.69, 9.17) is 11.6 Å². The van der Waals surface area contributed by atoms with Crippen molar-refractivity contribution in [2.75, 3.05) is 19.6 Å². The van der Waals surface area contributed by atoms with Gasteiger partial charge in [0.05, 0.1) is 0 Å². The molecular formula is C18H26ClNO. The summed E-state index contributed by atoms with van der Waals surface area (Å²) in [7, 11) is 0. The normalized spacial score (nSPS) is 20.5. The van der Waals surface area contributed by atoms with Gasteiger partial charge in [0.25, 0.3) is 0 Å². The molecule has 1 heterocycles. The van der Waals surface area contributed by atoms with Gasteiger partial charge in [-0.15, -0.1) is 0 Å². The van der Waals surface area contributed by atoms with Gasteiger partial charge in [-0.05, 0) is 56.3 Å². The summed E-state index contributed by atoms with van der Waals surface area (Å²) < 4.78 is 0. The van der Waals surface area contributed by atoms with E-state index in [0.29, 0.717) is 11.4 Å². The molecule has 0 aliphatic carbocycles. The van der Waals surface area contributed by atoms with Gasteiger partial charge in [-0.3, -0.25) is 4.79 Å². The Balaban J connectivity index is 1.81. The summed E-state index contributed by atoms with van der Waals surface area (Å²) in [6.45, 7) is 7.78. The lowest BCUT2D eigenvalue weighted by Crippen LogP contribution is -2.27. The first-order valence-corrected chi connectivity index (χ1v) is 8.45. The Morgan fingerprint density at radius 2 is 2.14 bits per heavy atom. The Morgan fingerprint density at radius 1 is 1.33 bits per heavy atom. The highest BCUT2D eigenvalue weighted by Crippen LogP contribution is 2.24. The van der Waals surface area contributed by atoms with Gasteiger partial charge in [0, 0.05) is 23.6 Å². The van der Waals surface area contributed by atoms with Crippen molar-refractivity contribution in [1.82, 2.24) is 4.90 Å². The van der Waals surface area contributed by atoms with Gasteiger partial charge in [-0.2, -0.15) is 0 Å². The second-order valence-corrected chi connectivity index (χ2v) is 6.90. The number of carbonyl (C=O) groups excluding carboxylic acids is 1. The number of halogens is 1. The molecule has 0 bridgehead atoms. The predicted octanol–water partition coefficient (Wildman–Crippen LogP) is 4.67. The van der Waals surface area contributed by atoms with Crippen molar-refractivity contribution in [2.45, 2.75) is 39.5 Å². The number of nitrogens with zero attached hydrogens (tertiary/aromatic N) is 1. The van der Waals surface area contributed by atoms with Gasteiger partial charge in [-0.1, -0.05) is 37.6 Å². The van der Waals surface area contributed by atoms with Crippen LogP contribution < -0.4 is 0 Å². The minimum Gasteiger partial charge on any atom is -0.303 e. The molecule has 1 atom stereocenters. The first-order valence-electron chi connectivity index (χ1n) is 8.07. The SMILES string of the molecule is CC(C)C1CCCN(CCC(=O)c2cccc(Cl)c2)CC1. The Kier molecular flexibility index (Phi) is 6.25. The van der Waals surface area contributed by atoms with Crippen LogP contribution in [-0.4, -0.2) is 30.3 Å². The minimum atomic E-state index is 0.196. The maximum Gasteiger partial charge on any atom is 0.164 e. The zero-order valence-corrected chi connectivity index (χ0v) is 13.9. The number of carbonyl (C=O) groups is 1. The van der Waals surface area contributed by atoms with Crippen LogP contribution in [0.15, 0.2) is 24.3 Å². The van der Waals surface area contributed by atoms with Gasteiger partial charge >= 0.3 is 0 Å². The quantitative estimate of drug-likeness (QED) is 0.737. The van der Waals surface area contributed by atoms with Gasteiger partial charge in [-0.25, -0.2) is 0 Å². The summed E-state index contributed by atoms with van der Waals surface area (Å²) in [5, 5.41) is 0.635. The molecule has 0 spiro atoms. The molecule has 0 aromatic heterocycles. The minimum absolute atomic E-state index is 0.196. The second-order valence-electron chi connectivity index (χ2n) is 6.46. The van der Waals surface area contributed by atoms with E-state index in [1.54, 1.807) is 12.1 Å². The van der Waals surface area contributed by atoms with E-state index in [9.17, 15) is 4.79 Å². The number of hydrogen-bond acceptors (Lipinski definition) is 2. The Morgan fingerprint density at radius 3 is 2.86 bits per heavy atom. The molecule has 0 radical (unpaired) electrons. The molecule has 1 aromatic carbocycles. The van der Waals surface area contributed by atoms with E-state index in [-0.39, 0.29) is 5.78 Å². The average molecular weight is 308 g/mol. The van der Waals surface area contributed by atoms with Crippen LogP contribution in [0.1, 0.15) is 49.9 Å². The van der Waals surface area contributed by atoms with Crippen LogP contribution in [0.3, 0.4) is 0 Å². The lowest BCUT2D eigenvalue weighted by molar-refractivity contribution is 0.0964. The molecule has 116 valence electrons. The highest BCUT2D eigenvalue weighted by molar-refractivity contribution is 6.31. The summed E-state index contributed by atoms with van der Waals surface area (Å²) in [5.41, 5.74) is 0.734. The lowest BCUT2D eigenvalue weighted by atomic mass is 9.89. The smallest absolute Gasteiger partial charge is 0.164 e. The van der Waals surface area contributed by atoms with Crippen molar-refractivity contribution >= 4 is 17.4 Å². The Labute approximate surface area is 133 Å². The Bertz CT molecular complexity index is 472. The fraction of sp³-hybridized carbons (Fsp3) is 0.611. The maximum absolute atomic E-state index is 12.2. The molecule has 1 aliphatic rings. The van der Waals surface area contributed by atoms with Crippen molar-refractivity contribution in [3.8, 4) is 0 Å². The molecule has 1 aromatic rings. The van der Waals surface area contributed by atoms with Gasteiger partial charge in [0.1, 0.15) is 0 Å². The molecule has 0 N–H and O–H groups in total. The number of Topliss-reactive ketones (excluding diaryl/α,β-unsaturated/α-hetero) is 1. The molecule has 2 rings (SSSR count). The molecule has 3 heteroatoms. The predicted molar refractivity (Wildman–Crippen MR) is 89.0 cm³/mol. The first-order chi connectivity index (χ1) is 10.1. The summed E-state index contributed by atoms with van der Waals surface area (Å²) in [4.78, 5) is 14.7. The van der Waals surface area contributed by atoms with E-state index in [1.807, 2.05) is 12.1 Å². The van der Waals surface area contributed by atoms with Gasteiger partial charge in [0.15, 0.2) is 5.78 Å². The highest BCUT2D eigenvalue weighted by Gasteiger charge is 2.19. The standard InChI is InChI=1S/C18H26ClNO/c1-14(2)15-6-4-10-20(11-8-15)12-9-18(21)16-5-3-7-17(19)13-16/h3,5,7,13-15H,4,6,8-12H2,1-2H3. The number of likely N-dealkylation sites (tertiary alicyclic amines) is 1. The van der Waals surface area contributed by atoms with E-state index >= 15 is 0 Å².